The van der Waals surface area contributed by atoms with Gasteiger partial charge < -0.3 is 4.90 Å². The third-order valence-corrected chi connectivity index (χ3v) is 5.59. The molecule has 1 saturated heterocycles. The summed E-state index contributed by atoms with van der Waals surface area (Å²) in [5.41, 5.74) is 2.18. The van der Waals surface area contributed by atoms with Gasteiger partial charge in [0.15, 0.2) is 0 Å². The van der Waals surface area contributed by atoms with E-state index in [2.05, 4.69) is 58.4 Å². The lowest BCUT2D eigenvalue weighted by molar-refractivity contribution is 0.219. The third kappa shape index (κ3) is 4.49. The van der Waals surface area contributed by atoms with Crippen molar-refractivity contribution in [3.63, 3.8) is 0 Å². The van der Waals surface area contributed by atoms with Crippen LogP contribution < -0.4 is 0 Å². The molecule has 3 rings (SSSR count). The van der Waals surface area contributed by atoms with Gasteiger partial charge in [-0.1, -0.05) is 67.1 Å². The number of isocyanates is 1. The summed E-state index contributed by atoms with van der Waals surface area (Å²) in [5, 5.41) is 0. The number of rotatable bonds is 8. The zero-order valence-corrected chi connectivity index (χ0v) is 15.4. The number of likely N-dealkylation sites (tertiary alicyclic amines) is 1. The molecule has 3 heteroatoms. The Kier molecular flexibility index (Phi) is 6.76. The Morgan fingerprint density at radius 3 is 2.00 bits per heavy atom. The number of hydrogen-bond acceptors (Lipinski definition) is 3. The molecule has 0 unspecified atom stereocenters. The molecule has 1 heterocycles. The molecule has 0 N–H and O–H groups in total. The predicted molar refractivity (Wildman–Crippen MR) is 106 cm³/mol. The molecule has 26 heavy (non-hydrogen) atoms. The Labute approximate surface area is 156 Å². The molecule has 0 aromatic heterocycles. The van der Waals surface area contributed by atoms with Crippen molar-refractivity contribution in [1.29, 1.82) is 0 Å². The van der Waals surface area contributed by atoms with Gasteiger partial charge in [0.2, 0.25) is 6.08 Å². The van der Waals surface area contributed by atoms with Crippen molar-refractivity contribution in [1.82, 2.24) is 4.90 Å². The molecular weight excluding hydrogens is 320 g/mol. The highest BCUT2D eigenvalue weighted by molar-refractivity contribution is 5.42. The highest BCUT2D eigenvalue weighted by Gasteiger charge is 2.34. The molecule has 2 aromatic carbocycles. The molecule has 1 fully saturated rings. The number of piperidine rings is 1. The van der Waals surface area contributed by atoms with E-state index in [1.165, 1.54) is 43.5 Å². The van der Waals surface area contributed by atoms with Gasteiger partial charge in [-0.3, -0.25) is 0 Å². The van der Waals surface area contributed by atoms with Crippen molar-refractivity contribution in [2.45, 2.75) is 37.5 Å². The van der Waals surface area contributed by atoms with Crippen LogP contribution in [0.25, 0.3) is 0 Å². The number of aliphatic imine (C=N–C) groups is 1. The zero-order valence-electron chi connectivity index (χ0n) is 15.4. The van der Waals surface area contributed by atoms with Crippen LogP contribution in [-0.4, -0.2) is 37.2 Å². The second kappa shape index (κ2) is 9.47. The van der Waals surface area contributed by atoms with E-state index < -0.39 is 0 Å². The predicted octanol–water partition coefficient (Wildman–Crippen LogP) is 4.57. The Hall–Kier alpha value is -2.22. The van der Waals surface area contributed by atoms with Gasteiger partial charge in [0.05, 0.1) is 6.54 Å². The van der Waals surface area contributed by atoms with Gasteiger partial charge in [-0.2, -0.15) is 0 Å². The van der Waals surface area contributed by atoms with E-state index >= 15 is 0 Å². The largest absolute Gasteiger partial charge is 0.303 e. The topological polar surface area (TPSA) is 32.7 Å². The van der Waals surface area contributed by atoms with E-state index in [4.69, 9.17) is 0 Å². The lowest BCUT2D eigenvalue weighted by atomic mass is 9.71. The van der Waals surface area contributed by atoms with E-state index in [0.29, 0.717) is 6.54 Å². The first-order valence-corrected chi connectivity index (χ1v) is 9.72. The van der Waals surface area contributed by atoms with E-state index in [1.54, 1.807) is 6.08 Å². The molecule has 2 aromatic rings. The van der Waals surface area contributed by atoms with Crippen LogP contribution in [0.4, 0.5) is 0 Å². The molecule has 0 amide bonds. The lowest BCUT2D eigenvalue weighted by Gasteiger charge is -2.35. The van der Waals surface area contributed by atoms with Crippen molar-refractivity contribution >= 4 is 6.08 Å². The quantitative estimate of drug-likeness (QED) is 0.517. The fourth-order valence-corrected chi connectivity index (χ4v) is 4.19. The van der Waals surface area contributed by atoms with Gasteiger partial charge in [0, 0.05) is 5.41 Å². The Morgan fingerprint density at radius 2 is 1.46 bits per heavy atom. The first kappa shape index (κ1) is 18.6. The summed E-state index contributed by atoms with van der Waals surface area (Å²) < 4.78 is 0. The van der Waals surface area contributed by atoms with E-state index in [0.717, 1.165) is 19.4 Å². The van der Waals surface area contributed by atoms with Gasteiger partial charge in [0.1, 0.15) is 0 Å². The summed E-state index contributed by atoms with van der Waals surface area (Å²) >= 11 is 0. The summed E-state index contributed by atoms with van der Waals surface area (Å²) in [4.78, 5) is 17.6. The normalized spacial score (nSPS) is 15.4. The van der Waals surface area contributed by atoms with E-state index in [1.807, 2.05) is 12.1 Å². The van der Waals surface area contributed by atoms with Crippen LogP contribution in [-0.2, 0) is 10.2 Å². The maximum atomic E-state index is 10.9. The minimum absolute atomic E-state index is 0.268. The zero-order chi connectivity index (χ0) is 18.1. The molecule has 3 nitrogen and oxygen atoms in total. The highest BCUT2D eigenvalue weighted by Crippen LogP contribution is 2.37. The smallest absolute Gasteiger partial charge is 0.234 e. The van der Waals surface area contributed by atoms with Crippen molar-refractivity contribution in [3.05, 3.63) is 71.8 Å². The van der Waals surface area contributed by atoms with Crippen LogP contribution in [0.1, 0.15) is 43.2 Å². The molecule has 1 aliphatic heterocycles. The fraction of sp³-hybridized carbons (Fsp3) is 0.435. The molecule has 136 valence electrons. The molecule has 0 aliphatic carbocycles. The summed E-state index contributed by atoms with van der Waals surface area (Å²) in [6.45, 7) is 4.00. The second-order valence-corrected chi connectivity index (χ2v) is 7.23. The average Bonchev–Trinajstić information content (AvgIpc) is 2.73. The number of carbonyl (C=O) groups excluding carboxylic acids is 1. The van der Waals surface area contributed by atoms with Crippen molar-refractivity contribution in [2.75, 3.05) is 26.2 Å². The average molecular weight is 348 g/mol. The molecule has 0 atom stereocenters. The number of hydrogen-bond donors (Lipinski definition) is 0. The van der Waals surface area contributed by atoms with Crippen LogP contribution in [0.3, 0.4) is 0 Å². The van der Waals surface area contributed by atoms with Crippen molar-refractivity contribution in [2.24, 2.45) is 4.99 Å². The molecular formula is C23H28N2O. The van der Waals surface area contributed by atoms with Crippen molar-refractivity contribution in [3.8, 4) is 0 Å². The van der Waals surface area contributed by atoms with E-state index in [-0.39, 0.29) is 5.41 Å². The maximum absolute atomic E-state index is 10.9. The molecule has 0 bridgehead atoms. The molecule has 1 aliphatic rings. The minimum Gasteiger partial charge on any atom is -0.303 e. The Balaban J connectivity index is 1.87. The maximum Gasteiger partial charge on any atom is 0.234 e. The second-order valence-electron chi connectivity index (χ2n) is 7.23. The monoisotopic (exact) mass is 348 g/mol. The summed E-state index contributed by atoms with van der Waals surface area (Å²) in [7, 11) is 0. The summed E-state index contributed by atoms with van der Waals surface area (Å²) in [6.07, 6.45) is 7.84. The van der Waals surface area contributed by atoms with Crippen LogP contribution in [0.5, 0.6) is 0 Å². The number of benzene rings is 2. The Bertz CT molecular complexity index is 662. The van der Waals surface area contributed by atoms with Gasteiger partial charge >= 0.3 is 0 Å². The fourth-order valence-electron chi connectivity index (χ4n) is 4.19. The van der Waals surface area contributed by atoms with Crippen LogP contribution in [0.2, 0.25) is 0 Å². The van der Waals surface area contributed by atoms with Crippen LogP contribution >= 0.6 is 0 Å². The SMILES string of the molecule is O=C=NCC(CCCN1CCCCC1)(c1ccccc1)c1ccccc1. The molecule has 0 spiro atoms. The molecule has 0 radical (unpaired) electrons. The molecule has 0 saturated carbocycles. The first-order chi connectivity index (χ1) is 12.8. The van der Waals surface area contributed by atoms with Gasteiger partial charge in [-0.15, -0.1) is 0 Å². The van der Waals surface area contributed by atoms with Gasteiger partial charge in [-0.05, 0) is 56.4 Å². The standard InChI is InChI=1S/C23H28N2O/c26-20-24-19-23(21-11-4-1-5-12-21,22-13-6-2-7-14-22)15-10-18-25-16-8-3-9-17-25/h1-2,4-7,11-14H,3,8-10,15-19H2. The lowest BCUT2D eigenvalue weighted by Crippen LogP contribution is -2.35. The van der Waals surface area contributed by atoms with Crippen LogP contribution in [0.15, 0.2) is 65.7 Å². The van der Waals surface area contributed by atoms with E-state index in [9.17, 15) is 4.79 Å². The first-order valence-electron chi connectivity index (χ1n) is 9.72. The summed E-state index contributed by atoms with van der Waals surface area (Å²) in [5.74, 6) is 0. The number of nitrogens with zero attached hydrogens (tertiary/aromatic N) is 2. The van der Waals surface area contributed by atoms with Crippen molar-refractivity contribution < 1.29 is 4.79 Å². The van der Waals surface area contributed by atoms with Gasteiger partial charge in [-0.25, -0.2) is 9.79 Å². The highest BCUT2D eigenvalue weighted by atomic mass is 16.1. The van der Waals surface area contributed by atoms with Crippen LogP contribution in [0, 0.1) is 0 Å². The third-order valence-electron chi connectivity index (χ3n) is 5.59. The summed E-state index contributed by atoms with van der Waals surface area (Å²) in [6, 6.07) is 21.0. The minimum atomic E-state index is -0.268. The van der Waals surface area contributed by atoms with Gasteiger partial charge in [0.25, 0.3) is 0 Å². The Morgan fingerprint density at radius 1 is 0.885 bits per heavy atom.